The van der Waals surface area contributed by atoms with E-state index in [1.807, 2.05) is 12.1 Å². The van der Waals surface area contributed by atoms with Gasteiger partial charge in [0.1, 0.15) is 47.3 Å². The number of aromatic amines is 1. The Kier molecular flexibility index (Phi) is 12.9. The van der Waals surface area contributed by atoms with Gasteiger partial charge in [0.25, 0.3) is 11.5 Å². The number of ether oxygens (including phenoxy) is 4. The van der Waals surface area contributed by atoms with Gasteiger partial charge in [0.15, 0.2) is 9.84 Å². The zero-order chi connectivity index (χ0) is 47.0. The second kappa shape index (κ2) is 18.5. The maximum atomic E-state index is 13.4. The van der Waals surface area contributed by atoms with E-state index in [2.05, 4.69) is 58.9 Å². The largest absolute Gasteiger partial charge is 0.491 e. The van der Waals surface area contributed by atoms with Gasteiger partial charge in [0.05, 0.1) is 39.5 Å². The maximum absolute atomic E-state index is 13.4. The highest BCUT2D eigenvalue weighted by Gasteiger charge is 2.64. The molecular weight excluding hydrogens is 882 g/mol. The number of nitriles is 1. The standard InChI is InChI=1S/C49H52ClN7O8S/c1-7-66(60,61)36-13-14-41(38(25-36)39-29-56(6)44(59)42-37(39)15-18-52-42)64-34-10-8-9-33(23-34)63-22-21-62-32-16-19-57(20-17-32)47-53-27-31(28-54-47)43(58)55-45-48(2,3)46(49(45,4)5)65-35-12-11-30(26-51)40(50)24-35/h8-15,18,23-25,27-29,32,45-46,52H,7,16-17,19-22H2,1-6H3,(H,55,58). The molecule has 8 rings (SSSR count). The monoisotopic (exact) mass is 933 g/mol. The van der Waals surface area contributed by atoms with Crippen molar-refractivity contribution in [3.8, 4) is 40.2 Å². The van der Waals surface area contributed by atoms with E-state index in [4.69, 9.17) is 30.5 Å². The molecule has 0 radical (unpaired) electrons. The first-order valence-electron chi connectivity index (χ1n) is 21.8. The molecule has 4 heterocycles. The van der Waals surface area contributed by atoms with E-state index in [1.165, 1.54) is 10.6 Å². The first-order valence-corrected chi connectivity index (χ1v) is 23.8. The van der Waals surface area contributed by atoms with Crippen molar-refractivity contribution < 1.29 is 32.2 Å². The molecule has 1 amide bonds. The van der Waals surface area contributed by atoms with Gasteiger partial charge in [-0.05, 0) is 61.4 Å². The normalized spacial score (nSPS) is 18.0. The summed E-state index contributed by atoms with van der Waals surface area (Å²) in [5.74, 6) is 2.27. The summed E-state index contributed by atoms with van der Waals surface area (Å²) in [6.07, 6.45) is 7.83. The molecule has 66 heavy (non-hydrogen) atoms. The van der Waals surface area contributed by atoms with Crippen LogP contribution in [-0.2, 0) is 21.6 Å². The number of hydrogen-bond donors (Lipinski definition) is 2. The van der Waals surface area contributed by atoms with Crippen LogP contribution in [0.2, 0.25) is 5.02 Å². The number of piperidine rings is 1. The van der Waals surface area contributed by atoms with Crippen molar-refractivity contribution in [2.75, 3.05) is 37.0 Å². The van der Waals surface area contributed by atoms with Gasteiger partial charge in [-0.25, -0.2) is 18.4 Å². The summed E-state index contributed by atoms with van der Waals surface area (Å²) in [5, 5.41) is 13.4. The topological polar surface area (TPSA) is 191 Å². The summed E-state index contributed by atoms with van der Waals surface area (Å²) in [6, 6.07) is 20.6. The molecule has 2 aliphatic rings. The molecule has 0 bridgehead atoms. The van der Waals surface area contributed by atoms with Crippen LogP contribution in [0.15, 0.2) is 101 Å². The third-order valence-corrected chi connectivity index (χ3v) is 14.7. The first kappa shape index (κ1) is 46.1. The molecule has 1 aliphatic heterocycles. The predicted octanol–water partition coefficient (Wildman–Crippen LogP) is 8.11. The van der Waals surface area contributed by atoms with Gasteiger partial charge < -0.3 is 38.7 Å². The average Bonchev–Trinajstić information content (AvgIpc) is 3.81. The van der Waals surface area contributed by atoms with Gasteiger partial charge in [0, 0.05) is 90.4 Å². The number of pyridine rings is 1. The number of benzene rings is 3. The number of fused-ring (bicyclic) bond motifs is 1. The Hall–Kier alpha value is -6.41. The van der Waals surface area contributed by atoms with Crippen molar-refractivity contribution >= 4 is 44.2 Å². The van der Waals surface area contributed by atoms with Crippen LogP contribution in [0.4, 0.5) is 5.95 Å². The highest BCUT2D eigenvalue weighted by atomic mass is 35.5. The number of sulfone groups is 1. The van der Waals surface area contributed by atoms with Gasteiger partial charge in [-0.3, -0.25) is 9.59 Å². The van der Waals surface area contributed by atoms with Gasteiger partial charge in [-0.2, -0.15) is 5.26 Å². The lowest BCUT2D eigenvalue weighted by atomic mass is 9.49. The quantitative estimate of drug-likeness (QED) is 0.0943. The Morgan fingerprint density at radius 2 is 1.68 bits per heavy atom. The SMILES string of the molecule is CCS(=O)(=O)c1ccc(Oc2cccc(OCCOC3CCN(c4ncc(C(=O)NC5C(C)(C)C(Oc6ccc(C#N)c(Cl)c6)C5(C)C)cn4)CC3)c2)c(-c2cn(C)c(=O)c3[nH]ccc23)c1. The lowest BCUT2D eigenvalue weighted by Gasteiger charge is -2.63. The Morgan fingerprint density at radius 1 is 0.955 bits per heavy atom. The fourth-order valence-corrected chi connectivity index (χ4v) is 10.5. The van der Waals surface area contributed by atoms with Crippen molar-refractivity contribution in [1.82, 2.24) is 24.8 Å². The van der Waals surface area contributed by atoms with Crippen molar-refractivity contribution in [2.24, 2.45) is 17.9 Å². The zero-order valence-electron chi connectivity index (χ0n) is 37.6. The average molecular weight is 935 g/mol. The van der Waals surface area contributed by atoms with E-state index in [0.29, 0.717) is 93.4 Å². The molecule has 3 aromatic carbocycles. The van der Waals surface area contributed by atoms with Crippen LogP contribution in [0.25, 0.3) is 22.0 Å². The number of halogens is 1. The Morgan fingerprint density at radius 3 is 2.38 bits per heavy atom. The van der Waals surface area contributed by atoms with Crippen LogP contribution < -0.4 is 30.0 Å². The number of aryl methyl sites for hydroxylation is 1. The summed E-state index contributed by atoms with van der Waals surface area (Å²) < 4.78 is 52.3. The predicted molar refractivity (Wildman–Crippen MR) is 251 cm³/mol. The minimum Gasteiger partial charge on any atom is -0.491 e. The number of nitrogens with zero attached hydrogens (tertiary/aromatic N) is 5. The number of carbonyl (C=O) groups excluding carboxylic acids is 1. The van der Waals surface area contributed by atoms with E-state index in [0.717, 1.165) is 12.8 Å². The number of nitrogens with one attached hydrogen (secondary N) is 2. The van der Waals surface area contributed by atoms with E-state index in [9.17, 15) is 23.3 Å². The number of H-pyrrole nitrogens is 1. The molecule has 1 saturated heterocycles. The zero-order valence-corrected chi connectivity index (χ0v) is 39.2. The second-order valence-electron chi connectivity index (χ2n) is 17.8. The van der Waals surface area contributed by atoms with Crippen LogP contribution >= 0.6 is 11.6 Å². The molecular formula is C49H52ClN7O8S. The molecule has 0 unspecified atom stereocenters. The number of anilines is 1. The summed E-state index contributed by atoms with van der Waals surface area (Å²) in [6.45, 7) is 11.9. The van der Waals surface area contributed by atoms with Crippen molar-refractivity contribution in [3.63, 3.8) is 0 Å². The third-order valence-electron chi connectivity index (χ3n) is 12.7. The molecule has 6 aromatic rings. The van der Waals surface area contributed by atoms with Gasteiger partial charge in [-0.15, -0.1) is 0 Å². The highest BCUT2D eigenvalue weighted by molar-refractivity contribution is 7.91. The molecule has 15 nitrogen and oxygen atoms in total. The van der Waals surface area contributed by atoms with Gasteiger partial charge >= 0.3 is 0 Å². The molecule has 0 spiro atoms. The second-order valence-corrected chi connectivity index (χ2v) is 20.5. The van der Waals surface area contributed by atoms with Crippen LogP contribution in [0.1, 0.15) is 63.4 Å². The molecule has 0 atom stereocenters. The Bertz CT molecular complexity index is 2980. The third kappa shape index (κ3) is 9.20. The minimum absolute atomic E-state index is 0.0300. The van der Waals surface area contributed by atoms with Crippen molar-refractivity contribution in [1.29, 1.82) is 5.26 Å². The molecule has 344 valence electrons. The fraction of sp³-hybridized carbons (Fsp3) is 0.367. The number of aromatic nitrogens is 4. The number of rotatable bonds is 15. The van der Waals surface area contributed by atoms with Crippen molar-refractivity contribution in [2.45, 2.75) is 70.6 Å². The van der Waals surface area contributed by atoms with Crippen molar-refractivity contribution in [3.05, 3.63) is 118 Å². The lowest BCUT2D eigenvalue weighted by molar-refractivity contribution is -0.164. The molecule has 1 saturated carbocycles. The number of carbonyl (C=O) groups is 1. The summed E-state index contributed by atoms with van der Waals surface area (Å²) in [5.41, 5.74) is 1.31. The molecule has 2 fully saturated rings. The van der Waals surface area contributed by atoms with E-state index >= 15 is 0 Å². The van der Waals surface area contributed by atoms with E-state index in [1.54, 1.807) is 87.3 Å². The summed E-state index contributed by atoms with van der Waals surface area (Å²) >= 11 is 6.25. The minimum atomic E-state index is -3.54. The van der Waals surface area contributed by atoms with Crippen LogP contribution in [-0.4, -0.2) is 84.1 Å². The first-order chi connectivity index (χ1) is 31.5. The summed E-state index contributed by atoms with van der Waals surface area (Å²) in [4.78, 5) is 40.6. The van der Waals surface area contributed by atoms with E-state index < -0.39 is 20.7 Å². The maximum Gasteiger partial charge on any atom is 0.274 e. The summed E-state index contributed by atoms with van der Waals surface area (Å²) in [7, 11) is -1.89. The molecule has 17 heteroatoms. The highest BCUT2D eigenvalue weighted by Crippen LogP contribution is 2.55. The van der Waals surface area contributed by atoms with Crippen LogP contribution in [0.3, 0.4) is 0 Å². The van der Waals surface area contributed by atoms with E-state index in [-0.39, 0.29) is 40.4 Å². The molecule has 3 aromatic heterocycles. The smallest absolute Gasteiger partial charge is 0.274 e. The van der Waals surface area contributed by atoms with Crippen LogP contribution in [0.5, 0.6) is 23.0 Å². The number of amides is 1. The Balaban J connectivity index is 0.816. The van der Waals surface area contributed by atoms with Gasteiger partial charge in [0.2, 0.25) is 5.95 Å². The molecule has 2 N–H and O–H groups in total. The van der Waals surface area contributed by atoms with Crippen LogP contribution in [0, 0.1) is 22.2 Å². The molecule has 1 aliphatic carbocycles. The number of hydrogen-bond acceptors (Lipinski definition) is 12. The van der Waals surface area contributed by atoms with Gasteiger partial charge in [-0.1, -0.05) is 52.3 Å². The lowest BCUT2D eigenvalue weighted by Crippen LogP contribution is -2.74. The fourth-order valence-electron chi connectivity index (χ4n) is 9.42. The Labute approximate surface area is 388 Å².